The lowest BCUT2D eigenvalue weighted by Crippen LogP contribution is -2.44. The topological polar surface area (TPSA) is 82.1 Å². The van der Waals surface area contributed by atoms with Crippen LogP contribution in [0, 0.1) is 0 Å². The number of esters is 1. The number of ketones is 1. The highest BCUT2D eigenvalue weighted by Gasteiger charge is 2.45. The van der Waals surface area contributed by atoms with E-state index in [4.69, 9.17) is 9.47 Å². The van der Waals surface area contributed by atoms with Crippen molar-refractivity contribution < 1.29 is 33.3 Å². The predicted molar refractivity (Wildman–Crippen MR) is 76.1 cm³/mol. The van der Waals surface area contributed by atoms with Crippen molar-refractivity contribution in [2.24, 2.45) is 0 Å². The molecule has 122 valence electrons. The molecule has 1 aromatic carbocycles. The van der Waals surface area contributed by atoms with Gasteiger partial charge in [0.25, 0.3) is 5.67 Å². The number of hydrogen-bond acceptors (Lipinski definition) is 6. The Kier molecular flexibility index (Phi) is 5.73. The molecule has 0 aliphatic rings. The molecule has 0 aromatic heterocycles. The van der Waals surface area contributed by atoms with Gasteiger partial charge in [-0.3, -0.25) is 4.79 Å². The number of Topliss-reactive ketones (excluding diaryl/α,β-unsaturated/α-hetero) is 1. The van der Waals surface area contributed by atoms with Crippen LogP contribution in [-0.2, 0) is 20.7 Å². The fourth-order valence-corrected chi connectivity index (χ4v) is 1.92. The zero-order chi connectivity index (χ0) is 16.9. The zero-order valence-corrected chi connectivity index (χ0v) is 12.9. The summed E-state index contributed by atoms with van der Waals surface area (Å²) in [5, 5.41) is 9.81. The van der Waals surface area contributed by atoms with Gasteiger partial charge in [0.2, 0.25) is 5.75 Å². The molecule has 7 heteroatoms. The van der Waals surface area contributed by atoms with Gasteiger partial charge in [0.1, 0.15) is 0 Å². The third-order valence-corrected chi connectivity index (χ3v) is 3.14. The fraction of sp³-hybridized carbons (Fsp3) is 0.467. The molecule has 0 unspecified atom stereocenters. The summed E-state index contributed by atoms with van der Waals surface area (Å²) >= 11 is 0. The molecule has 0 fully saturated rings. The van der Waals surface area contributed by atoms with Crippen LogP contribution in [0.1, 0.15) is 19.4 Å². The first kappa shape index (κ1) is 17.7. The average molecular weight is 314 g/mol. The minimum absolute atomic E-state index is 0.0417. The molecule has 0 bridgehead atoms. The normalized spacial score (nSPS) is 13.1. The van der Waals surface area contributed by atoms with E-state index >= 15 is 0 Å². The molecular formula is C15H19FO6. The highest BCUT2D eigenvalue weighted by molar-refractivity contribution is 6.06. The van der Waals surface area contributed by atoms with Crippen molar-refractivity contribution in [1.29, 1.82) is 0 Å². The molecule has 0 heterocycles. The molecule has 22 heavy (non-hydrogen) atoms. The van der Waals surface area contributed by atoms with E-state index in [0.29, 0.717) is 0 Å². The summed E-state index contributed by atoms with van der Waals surface area (Å²) < 4.78 is 29.3. The van der Waals surface area contributed by atoms with Gasteiger partial charge < -0.3 is 19.3 Å². The second kappa shape index (κ2) is 7.11. The summed E-state index contributed by atoms with van der Waals surface area (Å²) in [4.78, 5) is 23.3. The maximum absolute atomic E-state index is 14.8. The predicted octanol–water partition coefficient (Wildman–Crippen LogP) is 1.81. The fourth-order valence-electron chi connectivity index (χ4n) is 1.92. The molecule has 0 saturated carbocycles. The third-order valence-electron chi connectivity index (χ3n) is 3.14. The van der Waals surface area contributed by atoms with E-state index < -0.39 is 23.8 Å². The van der Waals surface area contributed by atoms with Crippen molar-refractivity contribution in [3.8, 4) is 17.2 Å². The number of hydrogen-bond donors (Lipinski definition) is 1. The quantitative estimate of drug-likeness (QED) is 0.610. The molecule has 0 spiro atoms. The molecule has 0 aliphatic carbocycles. The van der Waals surface area contributed by atoms with Gasteiger partial charge in [-0.25, -0.2) is 9.18 Å². The maximum Gasteiger partial charge on any atom is 0.352 e. The molecule has 0 aliphatic heterocycles. The first-order chi connectivity index (χ1) is 10.3. The van der Waals surface area contributed by atoms with Gasteiger partial charge in [-0.1, -0.05) is 0 Å². The van der Waals surface area contributed by atoms with Gasteiger partial charge >= 0.3 is 5.97 Å². The maximum atomic E-state index is 14.8. The van der Waals surface area contributed by atoms with Crippen LogP contribution >= 0.6 is 0 Å². The second-order valence-electron chi connectivity index (χ2n) is 4.60. The van der Waals surface area contributed by atoms with Crippen LogP contribution in [0.5, 0.6) is 17.2 Å². The summed E-state index contributed by atoms with van der Waals surface area (Å²) in [6, 6.07) is 2.66. The first-order valence-corrected chi connectivity index (χ1v) is 6.61. The summed E-state index contributed by atoms with van der Waals surface area (Å²) in [5.74, 6) is -2.36. The van der Waals surface area contributed by atoms with Gasteiger partial charge in [0.05, 0.1) is 20.8 Å². The Morgan fingerprint density at radius 1 is 1.23 bits per heavy atom. The minimum Gasteiger partial charge on any atom is -0.502 e. The lowest BCUT2D eigenvalue weighted by molar-refractivity contribution is -0.161. The van der Waals surface area contributed by atoms with Crippen LogP contribution < -0.4 is 9.47 Å². The number of halogens is 1. The number of carbonyl (C=O) groups is 2. The van der Waals surface area contributed by atoms with Crippen molar-refractivity contribution in [3.05, 3.63) is 17.7 Å². The highest BCUT2D eigenvalue weighted by atomic mass is 19.1. The van der Waals surface area contributed by atoms with Crippen molar-refractivity contribution in [1.82, 2.24) is 0 Å². The Labute approximate surface area is 127 Å². The van der Waals surface area contributed by atoms with Gasteiger partial charge in [-0.2, -0.15) is 0 Å². The number of benzene rings is 1. The average Bonchev–Trinajstić information content (AvgIpc) is 2.48. The molecule has 1 N–H and O–H groups in total. The van der Waals surface area contributed by atoms with Crippen LogP contribution in [0.4, 0.5) is 4.39 Å². The van der Waals surface area contributed by atoms with Gasteiger partial charge in [0.15, 0.2) is 17.3 Å². The number of ether oxygens (including phenoxy) is 3. The monoisotopic (exact) mass is 314 g/mol. The lowest BCUT2D eigenvalue weighted by Gasteiger charge is -2.21. The smallest absolute Gasteiger partial charge is 0.352 e. The van der Waals surface area contributed by atoms with Crippen LogP contribution in [0.2, 0.25) is 0 Å². The summed E-state index contributed by atoms with van der Waals surface area (Å²) in [5.41, 5.74) is -2.56. The Balaban J connectivity index is 3.24. The number of phenolic OH excluding ortho intramolecular Hbond substituents is 1. The first-order valence-electron chi connectivity index (χ1n) is 6.61. The standard InChI is InChI=1S/C15H19FO6/c1-5-22-14(19)15(16,9(2)17)8-10-6-11(20-3)13(18)12(7-10)21-4/h6-7,18H,5,8H2,1-4H3/t15-/m1/s1. The SMILES string of the molecule is CCOC(=O)[C@@](F)(Cc1cc(OC)c(O)c(OC)c1)C(C)=O. The number of aromatic hydroxyl groups is 1. The van der Waals surface area contributed by atoms with Crippen molar-refractivity contribution in [2.45, 2.75) is 25.9 Å². The van der Waals surface area contributed by atoms with Crippen molar-refractivity contribution in [2.75, 3.05) is 20.8 Å². The number of phenols is 1. The molecule has 0 radical (unpaired) electrons. The lowest BCUT2D eigenvalue weighted by atomic mass is 9.92. The van der Waals surface area contributed by atoms with Gasteiger partial charge in [-0.05, 0) is 31.5 Å². The van der Waals surface area contributed by atoms with Crippen LogP contribution in [0.3, 0.4) is 0 Å². The Morgan fingerprint density at radius 3 is 2.09 bits per heavy atom. The van der Waals surface area contributed by atoms with E-state index in [1.807, 2.05) is 0 Å². The number of rotatable bonds is 7. The van der Waals surface area contributed by atoms with Crippen LogP contribution in [0.15, 0.2) is 12.1 Å². The summed E-state index contributed by atoms with van der Waals surface area (Å²) in [7, 11) is 2.63. The van der Waals surface area contributed by atoms with Crippen LogP contribution in [0.25, 0.3) is 0 Å². The Bertz CT molecular complexity index is 546. The minimum atomic E-state index is -2.80. The number of alkyl halides is 1. The molecule has 1 atom stereocenters. The summed E-state index contributed by atoms with van der Waals surface area (Å²) in [6.45, 7) is 2.46. The Hall–Kier alpha value is -2.31. The van der Waals surface area contributed by atoms with E-state index in [1.165, 1.54) is 33.3 Å². The molecule has 6 nitrogen and oxygen atoms in total. The zero-order valence-electron chi connectivity index (χ0n) is 12.9. The van der Waals surface area contributed by atoms with Gasteiger partial charge in [-0.15, -0.1) is 0 Å². The van der Waals surface area contributed by atoms with E-state index in [9.17, 15) is 19.1 Å². The molecule has 1 rings (SSSR count). The van der Waals surface area contributed by atoms with Crippen molar-refractivity contribution >= 4 is 11.8 Å². The number of carbonyl (C=O) groups excluding carboxylic acids is 2. The van der Waals surface area contributed by atoms with E-state index in [1.54, 1.807) is 0 Å². The molecular weight excluding hydrogens is 295 g/mol. The molecule has 0 saturated heterocycles. The van der Waals surface area contributed by atoms with E-state index in [2.05, 4.69) is 4.74 Å². The van der Waals surface area contributed by atoms with Crippen molar-refractivity contribution in [3.63, 3.8) is 0 Å². The Morgan fingerprint density at radius 2 is 1.73 bits per heavy atom. The molecule has 1 aromatic rings. The summed E-state index contributed by atoms with van der Waals surface area (Å²) in [6.07, 6.45) is -0.547. The van der Waals surface area contributed by atoms with Crippen LogP contribution in [-0.4, -0.2) is 43.4 Å². The largest absolute Gasteiger partial charge is 0.502 e. The van der Waals surface area contributed by atoms with Gasteiger partial charge in [0, 0.05) is 6.42 Å². The third kappa shape index (κ3) is 3.47. The molecule has 0 amide bonds. The highest BCUT2D eigenvalue weighted by Crippen LogP contribution is 2.38. The second-order valence-corrected chi connectivity index (χ2v) is 4.60. The van der Waals surface area contributed by atoms with E-state index in [0.717, 1.165) is 6.92 Å². The number of methoxy groups -OCH3 is 2. The van der Waals surface area contributed by atoms with E-state index in [-0.39, 0.29) is 29.4 Å².